The van der Waals surface area contributed by atoms with Crippen molar-refractivity contribution in [1.82, 2.24) is 0 Å². The lowest BCUT2D eigenvalue weighted by molar-refractivity contribution is -0.107. The average molecular weight is 218 g/mol. The second-order valence-corrected chi connectivity index (χ2v) is 4.06. The molecular weight excluding hydrogens is 205 g/mol. The zero-order valence-electron chi connectivity index (χ0n) is 6.99. The molecule has 0 spiro atoms. The molecule has 2 atom stereocenters. The first-order valence-corrected chi connectivity index (χ1v) is 4.93. The van der Waals surface area contributed by atoms with Gasteiger partial charge in [-0.2, -0.15) is 0 Å². The fraction of sp³-hybridized carbons (Fsp3) is 1.00. The minimum absolute atomic E-state index is 0.737. The zero-order valence-corrected chi connectivity index (χ0v) is 7.89. The smallest absolute Gasteiger partial charge is 0.393 e. The highest BCUT2D eigenvalue weighted by Crippen LogP contribution is 2.36. The fourth-order valence-electron chi connectivity index (χ4n) is 0.453. The van der Waals surface area contributed by atoms with E-state index in [0.29, 0.717) is 0 Å². The number of phosphoric ester groups is 1. The maximum Gasteiger partial charge on any atom is 0.469 e. The number of aliphatic hydroxyl groups is 3. The number of hydrogen-bond acceptors (Lipinski definition) is 5. The van der Waals surface area contributed by atoms with Crippen LogP contribution < -0.4 is 0 Å². The van der Waals surface area contributed by atoms with Crippen LogP contribution in [0.2, 0.25) is 0 Å². The second kappa shape index (κ2) is 4.47. The normalized spacial score (nSPS) is 19.5. The summed E-state index contributed by atoms with van der Waals surface area (Å²) in [6.45, 7) is -0.378. The first-order chi connectivity index (χ1) is 5.69. The van der Waals surface area contributed by atoms with Crippen LogP contribution in [0.3, 0.4) is 0 Å². The fourth-order valence-corrected chi connectivity index (χ4v) is 0.788. The Hall–Kier alpha value is -0.0100. The predicted octanol–water partition coefficient (Wildman–Crippen LogP) is -1.80. The molecule has 0 aromatic heterocycles. The maximum absolute atomic E-state index is 10.2. The first kappa shape index (κ1) is 13.0. The van der Waals surface area contributed by atoms with Gasteiger partial charge in [0.15, 0.2) is 0 Å². The van der Waals surface area contributed by atoms with Crippen molar-refractivity contribution in [3.63, 3.8) is 0 Å². The Kier molecular flexibility index (Phi) is 4.47. The minimum atomic E-state index is -4.65. The molecule has 0 aliphatic carbocycles. The molecule has 0 aliphatic rings. The molecule has 7 nitrogen and oxygen atoms in total. The standard InChI is InChI=1S/C5H13O7P/c1-5(8,3-6)4(7)2-12-13(9,10)11/h4,6-8H,2-3H2,1H3,(H2,9,10,11)/t4-,5+/m1/s1/i5+2. The summed E-state index contributed by atoms with van der Waals surface area (Å²) < 4.78 is 14.1. The van der Waals surface area contributed by atoms with Crippen molar-refractivity contribution in [3.8, 4) is 0 Å². The van der Waals surface area contributed by atoms with Gasteiger partial charge in [0.2, 0.25) is 0 Å². The summed E-state index contributed by atoms with van der Waals surface area (Å²) in [6.07, 6.45) is -1.56. The van der Waals surface area contributed by atoms with Crippen molar-refractivity contribution in [1.29, 1.82) is 0 Å². The van der Waals surface area contributed by atoms with E-state index >= 15 is 0 Å². The summed E-state index contributed by atoms with van der Waals surface area (Å²) in [6, 6.07) is 0. The largest absolute Gasteiger partial charge is 0.469 e. The number of rotatable bonds is 5. The molecule has 0 saturated heterocycles. The Morgan fingerprint density at radius 3 is 2.31 bits per heavy atom. The average Bonchev–Trinajstić information content (AvgIpc) is 1.98. The topological polar surface area (TPSA) is 127 Å². The molecule has 0 aliphatic heterocycles. The van der Waals surface area contributed by atoms with Gasteiger partial charge >= 0.3 is 7.82 Å². The van der Waals surface area contributed by atoms with Gasteiger partial charge in [0, 0.05) is 0 Å². The molecule has 0 saturated carbocycles. The van der Waals surface area contributed by atoms with Crippen LogP contribution in [-0.4, -0.2) is 50.0 Å². The molecule has 8 heteroatoms. The van der Waals surface area contributed by atoms with E-state index in [1.165, 1.54) is 0 Å². The van der Waals surface area contributed by atoms with E-state index in [-0.39, 0.29) is 0 Å². The van der Waals surface area contributed by atoms with E-state index in [9.17, 15) is 4.57 Å². The van der Waals surface area contributed by atoms with Crippen molar-refractivity contribution in [2.75, 3.05) is 13.2 Å². The maximum atomic E-state index is 10.2. The van der Waals surface area contributed by atoms with E-state index in [1.807, 2.05) is 0 Å². The lowest BCUT2D eigenvalue weighted by Gasteiger charge is -2.26. The monoisotopic (exact) mass is 218 g/mol. The molecule has 13 heavy (non-hydrogen) atoms. The van der Waals surface area contributed by atoms with Gasteiger partial charge in [0.05, 0.1) is 13.2 Å². The van der Waals surface area contributed by atoms with Crippen molar-refractivity contribution in [2.45, 2.75) is 18.6 Å². The summed E-state index contributed by atoms with van der Waals surface area (Å²) in [7, 11) is -4.65. The van der Waals surface area contributed by atoms with E-state index in [4.69, 9.17) is 25.1 Å². The SMILES string of the molecule is C[14C@](O)(CO)[C@H](O)COP(=O)(O)O. The quantitative estimate of drug-likeness (QED) is 0.344. The molecule has 80 valence electrons. The van der Waals surface area contributed by atoms with Crippen LogP contribution in [0.4, 0.5) is 0 Å². The van der Waals surface area contributed by atoms with Crippen LogP contribution in [-0.2, 0) is 9.09 Å². The second-order valence-electron chi connectivity index (χ2n) is 2.82. The van der Waals surface area contributed by atoms with Gasteiger partial charge in [-0.1, -0.05) is 0 Å². The summed E-state index contributed by atoms with van der Waals surface area (Å²) in [5, 5.41) is 26.8. The van der Waals surface area contributed by atoms with Crippen LogP contribution in [0.5, 0.6) is 0 Å². The zero-order chi connectivity index (χ0) is 10.7. The van der Waals surface area contributed by atoms with Crippen LogP contribution in [0.15, 0.2) is 0 Å². The molecule has 0 unspecified atom stereocenters. The van der Waals surface area contributed by atoms with Gasteiger partial charge in [-0.25, -0.2) is 4.57 Å². The van der Waals surface area contributed by atoms with Crippen molar-refractivity contribution in [3.05, 3.63) is 0 Å². The molecule has 0 amide bonds. The first-order valence-electron chi connectivity index (χ1n) is 3.40. The Balaban J connectivity index is 4.02. The highest BCUT2D eigenvalue weighted by molar-refractivity contribution is 7.46. The summed E-state index contributed by atoms with van der Waals surface area (Å²) >= 11 is 0. The Morgan fingerprint density at radius 2 is 2.00 bits per heavy atom. The lowest BCUT2D eigenvalue weighted by Crippen LogP contribution is -2.45. The van der Waals surface area contributed by atoms with Gasteiger partial charge in [0.1, 0.15) is 11.7 Å². The molecule has 0 heterocycles. The van der Waals surface area contributed by atoms with Gasteiger partial charge < -0.3 is 25.1 Å². The highest BCUT2D eigenvalue weighted by Gasteiger charge is 2.31. The van der Waals surface area contributed by atoms with Crippen LogP contribution in [0.1, 0.15) is 6.92 Å². The third kappa shape index (κ3) is 5.33. The van der Waals surface area contributed by atoms with Crippen molar-refractivity contribution in [2.24, 2.45) is 0 Å². The molecule has 0 radical (unpaired) electrons. The number of phosphoric acid groups is 1. The molecule has 0 aromatic carbocycles. The van der Waals surface area contributed by atoms with Crippen molar-refractivity contribution >= 4 is 7.82 Å². The van der Waals surface area contributed by atoms with E-state index in [0.717, 1.165) is 6.92 Å². The van der Waals surface area contributed by atoms with Gasteiger partial charge in [-0.3, -0.25) is 4.52 Å². The summed E-state index contributed by atoms with van der Waals surface area (Å²) in [5.41, 5.74) is -1.84. The lowest BCUT2D eigenvalue weighted by atomic mass is 10.5. The Morgan fingerprint density at radius 1 is 1.54 bits per heavy atom. The molecule has 0 fully saturated rings. The molecule has 0 bridgehead atoms. The molecular formula is C5H13O7P. The van der Waals surface area contributed by atoms with Crippen molar-refractivity contribution < 1.29 is 34.2 Å². The third-order valence-electron chi connectivity index (χ3n) is 1.44. The minimum Gasteiger partial charge on any atom is -0.393 e. The predicted molar refractivity (Wildman–Crippen MR) is 41.7 cm³/mol. The third-order valence-corrected chi connectivity index (χ3v) is 1.92. The Bertz CT molecular complexity index is 197. The van der Waals surface area contributed by atoms with Crippen LogP contribution in [0, 0.1) is 0 Å². The van der Waals surface area contributed by atoms with Crippen LogP contribution in [0.25, 0.3) is 0 Å². The summed E-state index contributed by atoms with van der Waals surface area (Å²) in [5.74, 6) is 0. The van der Waals surface area contributed by atoms with Gasteiger partial charge in [-0.05, 0) is 6.92 Å². The number of hydrogen-bond donors (Lipinski definition) is 5. The number of aliphatic hydroxyl groups excluding tert-OH is 2. The highest BCUT2D eigenvalue weighted by atomic mass is 31.2. The van der Waals surface area contributed by atoms with Gasteiger partial charge in [-0.15, -0.1) is 0 Å². The van der Waals surface area contributed by atoms with Crippen LogP contribution >= 0.6 is 7.82 Å². The van der Waals surface area contributed by atoms with E-state index in [2.05, 4.69) is 4.52 Å². The Labute approximate surface area is 74.8 Å². The van der Waals surface area contributed by atoms with Gasteiger partial charge in [0.25, 0.3) is 0 Å². The van der Waals surface area contributed by atoms with E-state index in [1.54, 1.807) is 0 Å². The molecule has 0 rings (SSSR count). The molecule has 5 N–H and O–H groups in total. The summed E-state index contributed by atoms with van der Waals surface area (Å²) in [4.78, 5) is 16.5. The molecule has 0 aromatic rings. The van der Waals surface area contributed by atoms with E-state index < -0.39 is 32.7 Å².